The van der Waals surface area contributed by atoms with Crippen molar-refractivity contribution in [3.05, 3.63) is 69.7 Å². The van der Waals surface area contributed by atoms with Gasteiger partial charge in [-0.25, -0.2) is 0 Å². The van der Waals surface area contributed by atoms with E-state index in [-0.39, 0.29) is 17.9 Å². The maximum absolute atomic E-state index is 13.6. The zero-order valence-corrected chi connectivity index (χ0v) is 17.1. The van der Waals surface area contributed by atoms with Crippen molar-refractivity contribution in [3.63, 3.8) is 0 Å². The van der Waals surface area contributed by atoms with Crippen LogP contribution in [0.25, 0.3) is 21.0 Å². The van der Waals surface area contributed by atoms with E-state index in [4.69, 9.17) is 11.6 Å². The van der Waals surface area contributed by atoms with E-state index in [1.165, 1.54) is 16.9 Å². The van der Waals surface area contributed by atoms with Gasteiger partial charge >= 0.3 is 0 Å². The van der Waals surface area contributed by atoms with E-state index < -0.39 is 0 Å². The van der Waals surface area contributed by atoms with Crippen LogP contribution >= 0.6 is 22.9 Å². The Kier molecular flexibility index (Phi) is 3.68. The highest BCUT2D eigenvalue weighted by molar-refractivity contribution is 7.21. The molecule has 29 heavy (non-hydrogen) atoms. The summed E-state index contributed by atoms with van der Waals surface area (Å²) in [5.41, 5.74) is 3.17. The molecule has 2 aliphatic rings. The van der Waals surface area contributed by atoms with Crippen LogP contribution in [0.2, 0.25) is 5.02 Å². The quantitative estimate of drug-likeness (QED) is 0.397. The molecule has 0 N–H and O–H groups in total. The highest BCUT2D eigenvalue weighted by atomic mass is 35.5. The van der Waals surface area contributed by atoms with E-state index in [0.717, 1.165) is 33.1 Å². The zero-order chi connectivity index (χ0) is 19.7. The molecule has 144 valence electrons. The first-order valence-electron chi connectivity index (χ1n) is 9.78. The number of fused-ring (bicyclic) bond motifs is 4. The van der Waals surface area contributed by atoms with Gasteiger partial charge in [0, 0.05) is 28.4 Å². The van der Waals surface area contributed by atoms with Crippen LogP contribution < -0.4 is 0 Å². The van der Waals surface area contributed by atoms with Crippen LogP contribution in [0.15, 0.2) is 48.5 Å². The molecule has 4 heterocycles. The lowest BCUT2D eigenvalue weighted by Gasteiger charge is -2.39. The molecule has 1 amide bonds. The summed E-state index contributed by atoms with van der Waals surface area (Å²) in [5, 5.41) is 2.59. The predicted molar refractivity (Wildman–Crippen MR) is 116 cm³/mol. The maximum Gasteiger partial charge on any atom is 0.266 e. The summed E-state index contributed by atoms with van der Waals surface area (Å²) in [6, 6.07) is 15.8. The first kappa shape index (κ1) is 17.2. The average Bonchev–Trinajstić information content (AvgIpc) is 3.27. The molecule has 0 aliphatic carbocycles. The number of aromatic nitrogens is 1. The largest absolute Gasteiger partial charge is 0.329 e. The van der Waals surface area contributed by atoms with E-state index in [1.54, 1.807) is 0 Å². The van der Waals surface area contributed by atoms with Gasteiger partial charge < -0.3 is 4.90 Å². The van der Waals surface area contributed by atoms with Gasteiger partial charge in [0.05, 0.1) is 22.3 Å². The van der Waals surface area contributed by atoms with Gasteiger partial charge in [-0.1, -0.05) is 48.0 Å². The number of para-hydroxylation sites is 1. The van der Waals surface area contributed by atoms with Crippen molar-refractivity contribution >= 4 is 55.7 Å². The molecule has 2 aromatic heterocycles. The molecule has 0 fully saturated rings. The fraction of sp³-hybridized carbons (Fsp3) is 0.217. The number of carbonyl (C=O) groups is 2. The fourth-order valence-electron chi connectivity index (χ4n) is 4.93. The fourth-order valence-corrected chi connectivity index (χ4v) is 6.40. The van der Waals surface area contributed by atoms with Crippen LogP contribution in [0.3, 0.4) is 0 Å². The molecule has 0 spiro atoms. The second-order valence-corrected chi connectivity index (χ2v) is 9.08. The Hall–Kier alpha value is -2.63. The Morgan fingerprint density at radius 3 is 2.62 bits per heavy atom. The molecule has 4 aromatic rings. The van der Waals surface area contributed by atoms with Crippen molar-refractivity contribution < 1.29 is 9.59 Å². The minimum atomic E-state index is -0.0855. The second kappa shape index (κ2) is 6.18. The minimum Gasteiger partial charge on any atom is -0.329 e. The Morgan fingerprint density at radius 1 is 1.03 bits per heavy atom. The van der Waals surface area contributed by atoms with Gasteiger partial charge in [-0.15, -0.1) is 11.3 Å². The monoisotopic (exact) mass is 420 g/mol. The molecule has 0 radical (unpaired) electrons. The first-order chi connectivity index (χ1) is 14.1. The van der Waals surface area contributed by atoms with Crippen molar-refractivity contribution in [2.24, 2.45) is 0 Å². The molecule has 0 saturated heterocycles. The van der Waals surface area contributed by atoms with Crippen LogP contribution in [0.5, 0.6) is 0 Å². The van der Waals surface area contributed by atoms with Crippen molar-refractivity contribution in [1.29, 1.82) is 0 Å². The number of rotatable bonds is 1. The summed E-state index contributed by atoms with van der Waals surface area (Å²) in [4.78, 5) is 28.8. The summed E-state index contributed by atoms with van der Waals surface area (Å²) >= 11 is 8.05. The highest BCUT2D eigenvalue weighted by Crippen LogP contribution is 2.44. The molecular formula is C23H17ClN2O2S. The molecular weight excluding hydrogens is 404 g/mol. The van der Waals surface area contributed by atoms with Crippen LogP contribution in [0, 0.1) is 0 Å². The minimum absolute atomic E-state index is 0.0296. The number of amides is 1. The lowest BCUT2D eigenvalue weighted by Crippen LogP contribution is -2.43. The van der Waals surface area contributed by atoms with Crippen LogP contribution in [-0.2, 0) is 6.42 Å². The molecule has 2 aliphatic heterocycles. The van der Waals surface area contributed by atoms with Crippen molar-refractivity contribution in [2.75, 3.05) is 6.54 Å². The van der Waals surface area contributed by atoms with E-state index in [9.17, 15) is 9.59 Å². The van der Waals surface area contributed by atoms with Gasteiger partial charge in [0.15, 0.2) is 0 Å². The number of benzene rings is 2. The number of nitrogens with zero attached hydrogens (tertiary/aromatic N) is 2. The van der Waals surface area contributed by atoms with Crippen molar-refractivity contribution in [2.45, 2.75) is 25.3 Å². The third kappa shape index (κ3) is 2.31. The lowest BCUT2D eigenvalue weighted by molar-refractivity contribution is 0.0597. The third-order valence-electron chi connectivity index (χ3n) is 6.19. The van der Waals surface area contributed by atoms with Crippen LogP contribution in [0.4, 0.5) is 0 Å². The van der Waals surface area contributed by atoms with Crippen molar-refractivity contribution in [3.8, 4) is 0 Å². The van der Waals surface area contributed by atoms with E-state index in [2.05, 4.69) is 6.07 Å². The Balaban J connectivity index is 1.50. The van der Waals surface area contributed by atoms with Gasteiger partial charge in [-0.2, -0.15) is 0 Å². The van der Waals surface area contributed by atoms with Crippen LogP contribution in [-0.4, -0.2) is 27.8 Å². The van der Waals surface area contributed by atoms with Crippen LogP contribution in [0.1, 0.15) is 44.6 Å². The van der Waals surface area contributed by atoms with Gasteiger partial charge in [0.2, 0.25) is 5.91 Å². The topological polar surface area (TPSA) is 42.3 Å². The Labute approximate surface area is 176 Å². The smallest absolute Gasteiger partial charge is 0.266 e. The molecule has 0 bridgehead atoms. The molecule has 4 nitrogen and oxygen atoms in total. The molecule has 2 aromatic carbocycles. The SMILES string of the molecule is O=C(c1sc2ccccc2c1Cl)N1CCc2c3n(c4ccccc24)C(=O)CCC31. The molecule has 1 unspecified atom stereocenters. The van der Waals surface area contributed by atoms with E-state index >= 15 is 0 Å². The van der Waals surface area contributed by atoms with Gasteiger partial charge in [-0.05, 0) is 30.5 Å². The van der Waals surface area contributed by atoms with Gasteiger partial charge in [0.25, 0.3) is 5.91 Å². The average molecular weight is 421 g/mol. The lowest BCUT2D eigenvalue weighted by atomic mass is 9.92. The summed E-state index contributed by atoms with van der Waals surface area (Å²) in [7, 11) is 0. The van der Waals surface area contributed by atoms with Gasteiger partial charge in [0.1, 0.15) is 4.88 Å². The Bertz CT molecular complexity index is 1340. The highest BCUT2D eigenvalue weighted by Gasteiger charge is 2.40. The summed E-state index contributed by atoms with van der Waals surface area (Å²) in [5.74, 6) is 0.0888. The summed E-state index contributed by atoms with van der Waals surface area (Å²) < 4.78 is 2.87. The molecule has 6 rings (SSSR count). The number of hydrogen-bond acceptors (Lipinski definition) is 3. The molecule has 0 saturated carbocycles. The summed E-state index contributed by atoms with van der Waals surface area (Å²) in [6.45, 7) is 0.642. The van der Waals surface area contributed by atoms with E-state index in [0.29, 0.717) is 29.3 Å². The normalized spacial score (nSPS) is 18.4. The number of thiophene rings is 1. The predicted octanol–water partition coefficient (Wildman–Crippen LogP) is 5.68. The first-order valence-corrected chi connectivity index (χ1v) is 11.0. The van der Waals surface area contributed by atoms with Gasteiger partial charge in [-0.3, -0.25) is 14.2 Å². The van der Waals surface area contributed by atoms with Crippen molar-refractivity contribution in [1.82, 2.24) is 9.47 Å². The maximum atomic E-state index is 13.6. The number of halogens is 1. The second-order valence-electron chi connectivity index (χ2n) is 7.65. The third-order valence-corrected chi connectivity index (χ3v) is 7.85. The summed E-state index contributed by atoms with van der Waals surface area (Å²) in [6.07, 6.45) is 1.86. The Morgan fingerprint density at radius 2 is 1.79 bits per heavy atom. The number of hydrogen-bond donors (Lipinski definition) is 0. The molecule has 1 atom stereocenters. The van der Waals surface area contributed by atoms with E-state index in [1.807, 2.05) is 51.9 Å². The standard InChI is InChI=1S/C23H17ClN2O2S/c24-20-15-6-2-4-8-18(15)29-22(20)23(28)25-12-11-14-13-5-1-3-7-16(13)26-19(27)10-9-17(25)21(14)26/h1-8,17H,9-12H2. The molecule has 6 heteroatoms. The number of carbonyl (C=O) groups excluding carboxylic acids is 2. The zero-order valence-electron chi connectivity index (χ0n) is 15.5.